The van der Waals surface area contributed by atoms with Gasteiger partial charge in [-0.1, -0.05) is 6.92 Å². The van der Waals surface area contributed by atoms with Crippen molar-refractivity contribution in [2.75, 3.05) is 24.6 Å². The van der Waals surface area contributed by atoms with Crippen LogP contribution in [0.15, 0.2) is 0 Å². The number of hydrogen-bond donors (Lipinski definition) is 1. The fourth-order valence-corrected chi connectivity index (χ4v) is 3.90. The van der Waals surface area contributed by atoms with Crippen LogP contribution in [0.4, 0.5) is 0 Å². The van der Waals surface area contributed by atoms with Gasteiger partial charge < -0.3 is 5.32 Å². The largest absolute Gasteiger partial charge is 0.309 e. The topological polar surface area (TPSA) is 15.3 Å². The van der Waals surface area contributed by atoms with E-state index in [2.05, 4.69) is 42.7 Å². The van der Waals surface area contributed by atoms with E-state index in [0.29, 0.717) is 6.04 Å². The number of likely N-dealkylation sites (tertiary alicyclic amines) is 1. The molecule has 2 rings (SSSR count). The molecule has 0 aromatic carbocycles. The van der Waals surface area contributed by atoms with E-state index < -0.39 is 0 Å². The Morgan fingerprint density at radius 1 is 1.31 bits per heavy atom. The van der Waals surface area contributed by atoms with Crippen molar-refractivity contribution in [1.82, 2.24) is 10.2 Å². The van der Waals surface area contributed by atoms with Crippen molar-refractivity contribution in [3.63, 3.8) is 0 Å². The van der Waals surface area contributed by atoms with Crippen LogP contribution in [0, 0.1) is 5.92 Å². The average molecular weight is 242 g/mol. The van der Waals surface area contributed by atoms with E-state index in [0.717, 1.165) is 18.0 Å². The van der Waals surface area contributed by atoms with Crippen LogP contribution in [0.3, 0.4) is 0 Å². The van der Waals surface area contributed by atoms with Gasteiger partial charge in [0.1, 0.15) is 0 Å². The molecule has 0 saturated carbocycles. The van der Waals surface area contributed by atoms with E-state index in [-0.39, 0.29) is 0 Å². The Morgan fingerprint density at radius 2 is 2.12 bits per heavy atom. The Labute approximate surface area is 105 Å². The highest BCUT2D eigenvalue weighted by Crippen LogP contribution is 2.22. The average Bonchev–Trinajstić information content (AvgIpc) is 2.62. The zero-order valence-electron chi connectivity index (χ0n) is 10.9. The van der Waals surface area contributed by atoms with Gasteiger partial charge in [-0.25, -0.2) is 0 Å². The minimum Gasteiger partial charge on any atom is -0.309 e. The van der Waals surface area contributed by atoms with Crippen molar-refractivity contribution in [3.8, 4) is 0 Å². The van der Waals surface area contributed by atoms with Crippen LogP contribution >= 0.6 is 11.8 Å². The molecule has 2 saturated heterocycles. The minimum absolute atomic E-state index is 0.704. The molecule has 0 amide bonds. The fraction of sp³-hybridized carbons (Fsp3) is 1.00. The molecule has 0 aromatic heterocycles. The smallest absolute Gasteiger partial charge is 0.0235 e. The third-order valence-corrected chi connectivity index (χ3v) is 5.20. The summed E-state index contributed by atoms with van der Waals surface area (Å²) in [4.78, 5) is 2.61. The van der Waals surface area contributed by atoms with Crippen LogP contribution in [0.2, 0.25) is 0 Å². The molecule has 3 atom stereocenters. The van der Waals surface area contributed by atoms with Gasteiger partial charge in [0.15, 0.2) is 0 Å². The third-order valence-electron chi connectivity index (χ3n) is 3.98. The molecule has 16 heavy (non-hydrogen) atoms. The molecule has 0 spiro atoms. The quantitative estimate of drug-likeness (QED) is 0.817. The van der Waals surface area contributed by atoms with Crippen molar-refractivity contribution in [3.05, 3.63) is 0 Å². The molecule has 2 nitrogen and oxygen atoms in total. The predicted molar refractivity (Wildman–Crippen MR) is 73.1 cm³/mol. The lowest BCUT2D eigenvalue weighted by Crippen LogP contribution is -2.45. The maximum absolute atomic E-state index is 3.89. The number of nitrogens with one attached hydrogen (secondary N) is 1. The standard InChI is InChI=1S/C13H26N2S/c1-10(2)15-7-11(3)13(8-15)14-12-5-4-6-16-9-12/h10-14H,4-9H2,1-3H3. The van der Waals surface area contributed by atoms with Crippen LogP contribution in [0.25, 0.3) is 0 Å². The summed E-state index contributed by atoms with van der Waals surface area (Å²) in [6.07, 6.45) is 2.79. The molecule has 2 heterocycles. The van der Waals surface area contributed by atoms with Crippen molar-refractivity contribution >= 4 is 11.8 Å². The Hall–Kier alpha value is 0.270. The van der Waals surface area contributed by atoms with Crippen molar-refractivity contribution in [2.24, 2.45) is 5.92 Å². The lowest BCUT2D eigenvalue weighted by atomic mass is 10.0. The molecule has 0 aromatic rings. The Kier molecular flexibility index (Phi) is 4.57. The predicted octanol–water partition coefficient (Wildman–Crippen LogP) is 2.20. The normalized spacial score (nSPS) is 37.1. The monoisotopic (exact) mass is 242 g/mol. The van der Waals surface area contributed by atoms with Crippen molar-refractivity contribution < 1.29 is 0 Å². The zero-order chi connectivity index (χ0) is 11.5. The zero-order valence-corrected chi connectivity index (χ0v) is 11.7. The summed E-state index contributed by atoms with van der Waals surface area (Å²) in [5.41, 5.74) is 0. The number of nitrogens with zero attached hydrogens (tertiary/aromatic N) is 1. The van der Waals surface area contributed by atoms with Crippen LogP contribution < -0.4 is 5.32 Å². The summed E-state index contributed by atoms with van der Waals surface area (Å²) in [6, 6.07) is 2.21. The lowest BCUT2D eigenvalue weighted by molar-refractivity contribution is 0.262. The van der Waals surface area contributed by atoms with Gasteiger partial charge >= 0.3 is 0 Å². The Bertz CT molecular complexity index is 214. The molecule has 2 aliphatic rings. The summed E-state index contributed by atoms with van der Waals surface area (Å²) >= 11 is 2.12. The van der Waals surface area contributed by atoms with Crippen LogP contribution in [0.5, 0.6) is 0 Å². The summed E-state index contributed by atoms with van der Waals surface area (Å²) in [7, 11) is 0. The minimum atomic E-state index is 0.704. The first-order valence-corrected chi connectivity index (χ1v) is 7.90. The Morgan fingerprint density at radius 3 is 2.69 bits per heavy atom. The van der Waals surface area contributed by atoms with Gasteiger partial charge in [-0.15, -0.1) is 0 Å². The maximum atomic E-state index is 3.89. The Balaban J connectivity index is 1.80. The summed E-state index contributed by atoms with van der Waals surface area (Å²) in [5.74, 6) is 3.51. The highest BCUT2D eigenvalue weighted by atomic mass is 32.2. The van der Waals surface area contributed by atoms with Gasteiger partial charge in [0.2, 0.25) is 0 Å². The second-order valence-corrected chi connectivity index (χ2v) is 6.86. The first-order chi connectivity index (χ1) is 7.66. The van der Waals surface area contributed by atoms with Gasteiger partial charge in [0.05, 0.1) is 0 Å². The number of hydrogen-bond acceptors (Lipinski definition) is 3. The van der Waals surface area contributed by atoms with Crippen molar-refractivity contribution in [2.45, 2.75) is 51.7 Å². The molecular formula is C13H26N2S. The summed E-state index contributed by atoms with van der Waals surface area (Å²) in [5, 5.41) is 3.89. The van der Waals surface area contributed by atoms with E-state index in [1.54, 1.807) is 0 Å². The van der Waals surface area contributed by atoms with E-state index in [4.69, 9.17) is 0 Å². The summed E-state index contributed by atoms with van der Waals surface area (Å²) < 4.78 is 0. The van der Waals surface area contributed by atoms with E-state index in [1.165, 1.54) is 37.4 Å². The molecule has 0 bridgehead atoms. The van der Waals surface area contributed by atoms with Gasteiger partial charge in [-0.3, -0.25) is 4.90 Å². The van der Waals surface area contributed by atoms with Gasteiger partial charge in [-0.2, -0.15) is 11.8 Å². The lowest BCUT2D eigenvalue weighted by Gasteiger charge is -2.28. The highest BCUT2D eigenvalue weighted by Gasteiger charge is 2.32. The first-order valence-electron chi connectivity index (χ1n) is 6.74. The van der Waals surface area contributed by atoms with Crippen LogP contribution in [-0.2, 0) is 0 Å². The number of rotatable bonds is 3. The molecule has 0 radical (unpaired) electrons. The van der Waals surface area contributed by atoms with Crippen LogP contribution in [-0.4, -0.2) is 47.6 Å². The number of thioether (sulfide) groups is 1. The molecular weight excluding hydrogens is 216 g/mol. The first kappa shape index (κ1) is 12.7. The molecule has 2 aliphatic heterocycles. The maximum Gasteiger partial charge on any atom is 0.0235 e. The third kappa shape index (κ3) is 3.14. The molecule has 3 heteroatoms. The van der Waals surface area contributed by atoms with Crippen molar-refractivity contribution in [1.29, 1.82) is 0 Å². The second kappa shape index (κ2) is 5.74. The van der Waals surface area contributed by atoms with E-state index in [1.807, 2.05) is 0 Å². The van der Waals surface area contributed by atoms with Crippen LogP contribution in [0.1, 0.15) is 33.6 Å². The van der Waals surface area contributed by atoms with Gasteiger partial charge in [0, 0.05) is 37.0 Å². The molecule has 2 fully saturated rings. The highest BCUT2D eigenvalue weighted by molar-refractivity contribution is 7.99. The SMILES string of the molecule is CC1CN(C(C)C)CC1NC1CCCSC1. The van der Waals surface area contributed by atoms with Gasteiger partial charge in [-0.05, 0) is 38.4 Å². The fourth-order valence-electron chi connectivity index (χ4n) is 2.82. The van der Waals surface area contributed by atoms with E-state index in [9.17, 15) is 0 Å². The van der Waals surface area contributed by atoms with Gasteiger partial charge in [0.25, 0.3) is 0 Å². The molecule has 0 aliphatic carbocycles. The van der Waals surface area contributed by atoms with E-state index >= 15 is 0 Å². The molecule has 1 N–H and O–H groups in total. The molecule has 3 unspecified atom stereocenters. The summed E-state index contributed by atoms with van der Waals surface area (Å²) in [6.45, 7) is 9.54. The molecule has 94 valence electrons. The second-order valence-electron chi connectivity index (χ2n) is 5.71.